The molecule has 0 fully saturated rings. The van der Waals surface area contributed by atoms with Gasteiger partial charge >= 0.3 is 0 Å². The molecule has 0 saturated carbocycles. The maximum atomic E-state index is 8.46. The SMILES string of the molecule is Cc1ccc(Oc2cccc(C=NO)c2)cc1. The minimum Gasteiger partial charge on any atom is -0.457 e. The molecule has 0 amide bonds. The van der Waals surface area contributed by atoms with Gasteiger partial charge in [-0.25, -0.2) is 0 Å². The zero-order valence-electron chi connectivity index (χ0n) is 9.50. The molecule has 2 aromatic carbocycles. The zero-order chi connectivity index (χ0) is 12.1. The third-order valence-electron chi connectivity index (χ3n) is 2.32. The van der Waals surface area contributed by atoms with Gasteiger partial charge in [0.2, 0.25) is 0 Å². The second-order valence-electron chi connectivity index (χ2n) is 3.73. The van der Waals surface area contributed by atoms with Gasteiger partial charge in [-0.3, -0.25) is 0 Å². The molecule has 17 heavy (non-hydrogen) atoms. The number of rotatable bonds is 3. The molecule has 0 aliphatic rings. The molecule has 3 nitrogen and oxygen atoms in total. The van der Waals surface area contributed by atoms with E-state index in [0.29, 0.717) is 5.75 Å². The molecule has 0 radical (unpaired) electrons. The van der Waals surface area contributed by atoms with Crippen molar-refractivity contribution in [2.24, 2.45) is 5.16 Å². The molecule has 0 saturated heterocycles. The van der Waals surface area contributed by atoms with Crippen molar-refractivity contribution in [3.05, 3.63) is 59.7 Å². The topological polar surface area (TPSA) is 41.8 Å². The summed E-state index contributed by atoms with van der Waals surface area (Å²) in [6, 6.07) is 15.2. The minimum absolute atomic E-state index is 0.714. The molecular formula is C14H13NO2. The predicted molar refractivity (Wildman–Crippen MR) is 67.1 cm³/mol. The summed E-state index contributed by atoms with van der Waals surface area (Å²) in [6.45, 7) is 2.03. The lowest BCUT2D eigenvalue weighted by Gasteiger charge is -2.06. The van der Waals surface area contributed by atoms with Gasteiger partial charge in [-0.1, -0.05) is 35.0 Å². The van der Waals surface area contributed by atoms with Crippen molar-refractivity contribution in [1.29, 1.82) is 0 Å². The fourth-order valence-corrected chi connectivity index (χ4v) is 1.47. The number of oxime groups is 1. The van der Waals surface area contributed by atoms with Crippen LogP contribution in [0.3, 0.4) is 0 Å². The van der Waals surface area contributed by atoms with Crippen LogP contribution in [0.1, 0.15) is 11.1 Å². The molecule has 0 unspecified atom stereocenters. The Morgan fingerprint density at radius 3 is 2.53 bits per heavy atom. The van der Waals surface area contributed by atoms with Gasteiger partial charge in [-0.15, -0.1) is 0 Å². The molecule has 0 aliphatic carbocycles. The first kappa shape index (κ1) is 11.2. The van der Waals surface area contributed by atoms with E-state index >= 15 is 0 Å². The van der Waals surface area contributed by atoms with Gasteiger partial charge in [-0.05, 0) is 36.8 Å². The fourth-order valence-electron chi connectivity index (χ4n) is 1.47. The largest absolute Gasteiger partial charge is 0.457 e. The van der Waals surface area contributed by atoms with E-state index in [1.165, 1.54) is 11.8 Å². The smallest absolute Gasteiger partial charge is 0.128 e. The quantitative estimate of drug-likeness (QED) is 0.494. The predicted octanol–water partition coefficient (Wildman–Crippen LogP) is 3.60. The van der Waals surface area contributed by atoms with Crippen molar-refractivity contribution < 1.29 is 9.94 Å². The van der Waals surface area contributed by atoms with E-state index in [1.807, 2.05) is 49.4 Å². The lowest BCUT2D eigenvalue weighted by molar-refractivity contribution is 0.322. The third-order valence-corrected chi connectivity index (χ3v) is 2.32. The van der Waals surface area contributed by atoms with E-state index < -0.39 is 0 Å². The average molecular weight is 227 g/mol. The van der Waals surface area contributed by atoms with Crippen LogP contribution in [0.15, 0.2) is 53.7 Å². The van der Waals surface area contributed by atoms with Crippen LogP contribution in [0.25, 0.3) is 0 Å². The standard InChI is InChI=1S/C14H13NO2/c1-11-5-7-13(8-6-11)17-14-4-2-3-12(9-14)10-15-16/h2-10,16H,1H3. The summed E-state index contributed by atoms with van der Waals surface area (Å²) in [5.74, 6) is 1.50. The average Bonchev–Trinajstić information content (AvgIpc) is 2.33. The van der Waals surface area contributed by atoms with Gasteiger partial charge in [0.25, 0.3) is 0 Å². The Kier molecular flexibility index (Phi) is 3.40. The molecule has 0 spiro atoms. The highest BCUT2D eigenvalue weighted by atomic mass is 16.5. The van der Waals surface area contributed by atoms with Crippen LogP contribution in [-0.2, 0) is 0 Å². The number of hydrogen-bond donors (Lipinski definition) is 1. The van der Waals surface area contributed by atoms with Crippen molar-refractivity contribution in [1.82, 2.24) is 0 Å². The third kappa shape index (κ3) is 3.08. The number of nitrogens with zero attached hydrogens (tertiary/aromatic N) is 1. The van der Waals surface area contributed by atoms with E-state index in [9.17, 15) is 0 Å². The Bertz CT molecular complexity index is 518. The molecule has 0 heterocycles. The normalized spacial score (nSPS) is 10.6. The zero-order valence-corrected chi connectivity index (χ0v) is 9.50. The summed E-state index contributed by atoms with van der Waals surface area (Å²) < 4.78 is 5.68. The molecule has 0 aliphatic heterocycles. The molecular weight excluding hydrogens is 214 g/mol. The lowest BCUT2D eigenvalue weighted by Crippen LogP contribution is -1.86. The second-order valence-corrected chi connectivity index (χ2v) is 3.73. The van der Waals surface area contributed by atoms with Gasteiger partial charge in [0, 0.05) is 0 Å². The molecule has 0 bridgehead atoms. The Labute approximate surface area is 100.0 Å². The van der Waals surface area contributed by atoms with E-state index in [4.69, 9.17) is 9.94 Å². The van der Waals surface area contributed by atoms with Crippen LogP contribution >= 0.6 is 0 Å². The van der Waals surface area contributed by atoms with E-state index in [1.54, 1.807) is 6.07 Å². The van der Waals surface area contributed by atoms with Crippen LogP contribution in [0.5, 0.6) is 11.5 Å². The van der Waals surface area contributed by atoms with Crippen molar-refractivity contribution in [3.63, 3.8) is 0 Å². The summed E-state index contributed by atoms with van der Waals surface area (Å²) in [5, 5.41) is 11.4. The van der Waals surface area contributed by atoms with Gasteiger partial charge in [0.15, 0.2) is 0 Å². The molecule has 1 N–H and O–H groups in total. The summed E-state index contributed by atoms with van der Waals surface area (Å²) in [5.41, 5.74) is 1.98. The Morgan fingerprint density at radius 2 is 1.82 bits per heavy atom. The van der Waals surface area contributed by atoms with Crippen LogP contribution < -0.4 is 4.74 Å². The highest BCUT2D eigenvalue weighted by Gasteiger charge is 1.97. The first-order valence-electron chi connectivity index (χ1n) is 5.30. The summed E-state index contributed by atoms with van der Waals surface area (Å²) in [4.78, 5) is 0. The van der Waals surface area contributed by atoms with Gasteiger partial charge < -0.3 is 9.94 Å². The van der Waals surface area contributed by atoms with Crippen molar-refractivity contribution in [3.8, 4) is 11.5 Å². The van der Waals surface area contributed by atoms with Gasteiger partial charge in [0.1, 0.15) is 11.5 Å². The monoisotopic (exact) mass is 227 g/mol. The van der Waals surface area contributed by atoms with Crippen molar-refractivity contribution in [2.75, 3.05) is 0 Å². The maximum Gasteiger partial charge on any atom is 0.128 e. The first-order chi connectivity index (χ1) is 8.28. The molecule has 2 rings (SSSR count). The first-order valence-corrected chi connectivity index (χ1v) is 5.30. The van der Waals surface area contributed by atoms with E-state index in [2.05, 4.69) is 5.16 Å². The fraction of sp³-hybridized carbons (Fsp3) is 0.0714. The van der Waals surface area contributed by atoms with Crippen LogP contribution in [-0.4, -0.2) is 11.4 Å². The highest BCUT2D eigenvalue weighted by molar-refractivity contribution is 5.79. The van der Waals surface area contributed by atoms with E-state index in [-0.39, 0.29) is 0 Å². The summed E-state index contributed by atoms with van der Waals surface area (Å²) >= 11 is 0. The molecule has 3 heteroatoms. The molecule has 86 valence electrons. The minimum atomic E-state index is 0.714. The van der Waals surface area contributed by atoms with Crippen LogP contribution in [0.2, 0.25) is 0 Å². The van der Waals surface area contributed by atoms with Crippen LogP contribution in [0.4, 0.5) is 0 Å². The Balaban J connectivity index is 2.18. The van der Waals surface area contributed by atoms with Gasteiger partial charge in [-0.2, -0.15) is 0 Å². The van der Waals surface area contributed by atoms with Crippen molar-refractivity contribution >= 4 is 6.21 Å². The highest BCUT2D eigenvalue weighted by Crippen LogP contribution is 2.22. The number of benzene rings is 2. The maximum absolute atomic E-state index is 8.46. The Hall–Kier alpha value is -2.29. The summed E-state index contributed by atoms with van der Waals surface area (Å²) in [7, 11) is 0. The number of ether oxygens (including phenoxy) is 1. The Morgan fingerprint density at radius 1 is 1.06 bits per heavy atom. The van der Waals surface area contributed by atoms with E-state index in [0.717, 1.165) is 11.3 Å². The molecule has 0 aromatic heterocycles. The summed E-state index contributed by atoms with van der Waals surface area (Å²) in [6.07, 6.45) is 1.36. The molecule has 0 atom stereocenters. The number of aryl methyl sites for hydroxylation is 1. The number of hydrogen-bond acceptors (Lipinski definition) is 3. The van der Waals surface area contributed by atoms with Crippen molar-refractivity contribution in [2.45, 2.75) is 6.92 Å². The lowest BCUT2D eigenvalue weighted by atomic mass is 10.2. The van der Waals surface area contributed by atoms with Gasteiger partial charge in [0.05, 0.1) is 6.21 Å². The molecule has 2 aromatic rings. The second kappa shape index (κ2) is 5.16. The van der Waals surface area contributed by atoms with Crippen LogP contribution in [0, 0.1) is 6.92 Å².